The highest BCUT2D eigenvalue weighted by molar-refractivity contribution is 5.77. The third kappa shape index (κ3) is 3.30. The number of aromatic amines is 1. The standard InChI is InChI=1S/C17H24N4O/c18-12-17(8-4-1-5-9-17)10-16(22)19-11-15-20-13-6-2-3-7-14(13)21-15/h2-3,6-7H,1,4-5,8-12,18H2,(H,19,22)(H,20,21). The van der Waals surface area contributed by atoms with E-state index < -0.39 is 0 Å². The number of imidazole rings is 1. The van der Waals surface area contributed by atoms with Gasteiger partial charge in [0.15, 0.2) is 0 Å². The number of carbonyl (C=O) groups is 1. The zero-order valence-electron chi connectivity index (χ0n) is 12.9. The van der Waals surface area contributed by atoms with Crippen molar-refractivity contribution >= 4 is 16.9 Å². The molecule has 0 unspecified atom stereocenters. The van der Waals surface area contributed by atoms with E-state index in [1.165, 1.54) is 19.3 Å². The number of amides is 1. The Kier molecular flexibility index (Phi) is 4.43. The first-order chi connectivity index (χ1) is 10.7. The van der Waals surface area contributed by atoms with Crippen LogP contribution < -0.4 is 11.1 Å². The van der Waals surface area contributed by atoms with Gasteiger partial charge in [0, 0.05) is 6.42 Å². The van der Waals surface area contributed by atoms with Crippen molar-refractivity contribution in [3.63, 3.8) is 0 Å². The summed E-state index contributed by atoms with van der Waals surface area (Å²) in [7, 11) is 0. The van der Waals surface area contributed by atoms with Gasteiger partial charge in [-0.2, -0.15) is 0 Å². The fourth-order valence-electron chi connectivity index (χ4n) is 3.43. The second-order valence-corrected chi connectivity index (χ2v) is 6.42. The number of nitrogens with one attached hydrogen (secondary N) is 2. The molecule has 0 bridgehead atoms. The molecule has 1 aromatic heterocycles. The monoisotopic (exact) mass is 300 g/mol. The average molecular weight is 300 g/mol. The van der Waals surface area contributed by atoms with E-state index in [4.69, 9.17) is 5.73 Å². The normalized spacial score (nSPS) is 17.5. The van der Waals surface area contributed by atoms with Crippen LogP contribution in [0.2, 0.25) is 0 Å². The van der Waals surface area contributed by atoms with Crippen LogP contribution in [0.4, 0.5) is 0 Å². The van der Waals surface area contributed by atoms with Crippen LogP contribution in [-0.2, 0) is 11.3 Å². The van der Waals surface area contributed by atoms with Crippen LogP contribution in [0.1, 0.15) is 44.3 Å². The summed E-state index contributed by atoms with van der Waals surface area (Å²) in [4.78, 5) is 20.0. The van der Waals surface area contributed by atoms with Crippen molar-refractivity contribution in [1.82, 2.24) is 15.3 Å². The molecule has 1 aromatic carbocycles. The summed E-state index contributed by atoms with van der Waals surface area (Å²) in [6.07, 6.45) is 6.32. The van der Waals surface area contributed by atoms with Crippen molar-refractivity contribution in [1.29, 1.82) is 0 Å². The van der Waals surface area contributed by atoms with Gasteiger partial charge in [0.1, 0.15) is 5.82 Å². The van der Waals surface area contributed by atoms with Gasteiger partial charge in [-0.05, 0) is 36.9 Å². The van der Waals surface area contributed by atoms with Crippen molar-refractivity contribution in [3.8, 4) is 0 Å². The molecule has 2 aromatic rings. The predicted molar refractivity (Wildman–Crippen MR) is 87.1 cm³/mol. The Morgan fingerprint density at radius 3 is 2.77 bits per heavy atom. The smallest absolute Gasteiger partial charge is 0.220 e. The molecular weight excluding hydrogens is 276 g/mol. The Hall–Kier alpha value is -1.88. The number of carbonyl (C=O) groups excluding carboxylic acids is 1. The predicted octanol–water partition coefficient (Wildman–Crippen LogP) is 2.48. The first-order valence-corrected chi connectivity index (χ1v) is 8.11. The highest BCUT2D eigenvalue weighted by Gasteiger charge is 2.32. The zero-order chi connectivity index (χ0) is 15.4. The Bertz CT molecular complexity index is 610. The minimum atomic E-state index is 0.0101. The van der Waals surface area contributed by atoms with Crippen LogP contribution in [0.3, 0.4) is 0 Å². The van der Waals surface area contributed by atoms with Crippen LogP contribution in [0.25, 0.3) is 11.0 Å². The molecule has 1 saturated carbocycles. The molecule has 4 N–H and O–H groups in total. The zero-order valence-corrected chi connectivity index (χ0v) is 12.9. The summed E-state index contributed by atoms with van der Waals surface area (Å²) in [6.45, 7) is 1.04. The van der Waals surface area contributed by atoms with Gasteiger partial charge >= 0.3 is 0 Å². The Morgan fingerprint density at radius 1 is 1.27 bits per heavy atom. The van der Waals surface area contributed by atoms with Crippen molar-refractivity contribution < 1.29 is 4.79 Å². The molecule has 0 aliphatic heterocycles. The van der Waals surface area contributed by atoms with Gasteiger partial charge < -0.3 is 16.0 Å². The molecule has 1 aliphatic rings. The first-order valence-electron chi connectivity index (χ1n) is 8.11. The topological polar surface area (TPSA) is 83.8 Å². The number of hydrogen-bond donors (Lipinski definition) is 3. The van der Waals surface area contributed by atoms with Gasteiger partial charge in [0.25, 0.3) is 0 Å². The van der Waals surface area contributed by atoms with Crippen LogP contribution in [0.5, 0.6) is 0 Å². The number of hydrogen-bond acceptors (Lipinski definition) is 3. The third-order valence-electron chi connectivity index (χ3n) is 4.77. The fraction of sp³-hybridized carbons (Fsp3) is 0.529. The van der Waals surface area contributed by atoms with E-state index in [0.29, 0.717) is 19.5 Å². The number of nitrogens with zero attached hydrogens (tertiary/aromatic N) is 1. The van der Waals surface area contributed by atoms with Crippen molar-refractivity contribution in [2.75, 3.05) is 6.54 Å². The summed E-state index contributed by atoms with van der Waals surface area (Å²) < 4.78 is 0. The highest BCUT2D eigenvalue weighted by Crippen LogP contribution is 2.38. The maximum atomic E-state index is 12.3. The lowest BCUT2D eigenvalue weighted by Gasteiger charge is -2.35. The van der Waals surface area contributed by atoms with Gasteiger partial charge in [-0.3, -0.25) is 4.79 Å². The van der Waals surface area contributed by atoms with Gasteiger partial charge in [-0.25, -0.2) is 4.98 Å². The van der Waals surface area contributed by atoms with Crippen molar-refractivity contribution in [2.45, 2.75) is 45.1 Å². The van der Waals surface area contributed by atoms with Crippen LogP contribution >= 0.6 is 0 Å². The molecule has 0 atom stereocenters. The lowest BCUT2D eigenvalue weighted by atomic mass is 9.71. The number of benzene rings is 1. The van der Waals surface area contributed by atoms with Gasteiger partial charge in [0.05, 0.1) is 17.6 Å². The fourth-order valence-corrected chi connectivity index (χ4v) is 3.43. The van der Waals surface area contributed by atoms with Crippen LogP contribution in [0.15, 0.2) is 24.3 Å². The maximum absolute atomic E-state index is 12.3. The molecule has 3 rings (SSSR count). The van der Waals surface area contributed by atoms with Crippen LogP contribution in [-0.4, -0.2) is 22.4 Å². The Morgan fingerprint density at radius 2 is 2.05 bits per heavy atom. The SMILES string of the molecule is NCC1(CC(=O)NCc2nc3ccccc3[nH]2)CCCCC1. The van der Waals surface area contributed by atoms with E-state index in [9.17, 15) is 4.79 Å². The maximum Gasteiger partial charge on any atom is 0.220 e. The molecule has 22 heavy (non-hydrogen) atoms. The van der Waals surface area contributed by atoms with E-state index >= 15 is 0 Å². The third-order valence-corrected chi connectivity index (χ3v) is 4.77. The van der Waals surface area contributed by atoms with E-state index in [1.807, 2.05) is 24.3 Å². The molecule has 1 heterocycles. The number of fused-ring (bicyclic) bond motifs is 1. The van der Waals surface area contributed by atoms with E-state index in [-0.39, 0.29) is 11.3 Å². The summed E-state index contributed by atoms with van der Waals surface area (Å²) in [6, 6.07) is 7.87. The first kappa shape index (κ1) is 15.0. The number of nitrogens with two attached hydrogens (primary N) is 1. The second-order valence-electron chi connectivity index (χ2n) is 6.42. The molecule has 0 spiro atoms. The molecule has 0 saturated heterocycles. The molecule has 5 heteroatoms. The van der Waals surface area contributed by atoms with Gasteiger partial charge in [-0.1, -0.05) is 31.4 Å². The van der Waals surface area contributed by atoms with Crippen molar-refractivity contribution in [2.24, 2.45) is 11.1 Å². The molecule has 1 fully saturated rings. The molecule has 1 amide bonds. The summed E-state index contributed by atoms with van der Waals surface area (Å²) in [5, 5.41) is 2.98. The quantitative estimate of drug-likeness (QED) is 0.793. The number of rotatable bonds is 5. The second kappa shape index (κ2) is 6.48. The molecule has 118 valence electrons. The summed E-state index contributed by atoms with van der Waals surface area (Å²) >= 11 is 0. The molecule has 1 aliphatic carbocycles. The van der Waals surface area contributed by atoms with E-state index in [2.05, 4.69) is 15.3 Å². The molecular formula is C17H24N4O. The number of H-pyrrole nitrogens is 1. The summed E-state index contributed by atoms with van der Waals surface area (Å²) in [5.74, 6) is 0.868. The van der Waals surface area contributed by atoms with Gasteiger partial charge in [0.2, 0.25) is 5.91 Å². The van der Waals surface area contributed by atoms with E-state index in [0.717, 1.165) is 29.7 Å². The largest absolute Gasteiger partial charge is 0.349 e. The minimum Gasteiger partial charge on any atom is -0.349 e. The molecule has 0 radical (unpaired) electrons. The van der Waals surface area contributed by atoms with E-state index in [1.54, 1.807) is 0 Å². The van der Waals surface area contributed by atoms with Gasteiger partial charge in [-0.15, -0.1) is 0 Å². The Balaban J connectivity index is 1.57. The number of para-hydroxylation sites is 2. The number of aromatic nitrogens is 2. The average Bonchev–Trinajstić information content (AvgIpc) is 2.97. The van der Waals surface area contributed by atoms with Crippen LogP contribution in [0, 0.1) is 5.41 Å². The Labute approximate surface area is 130 Å². The van der Waals surface area contributed by atoms with Crippen molar-refractivity contribution in [3.05, 3.63) is 30.1 Å². The molecule has 5 nitrogen and oxygen atoms in total. The summed E-state index contributed by atoms with van der Waals surface area (Å²) in [5.41, 5.74) is 7.88. The highest BCUT2D eigenvalue weighted by atomic mass is 16.1. The lowest BCUT2D eigenvalue weighted by Crippen LogP contribution is -2.38. The lowest BCUT2D eigenvalue weighted by molar-refractivity contribution is -0.124. The minimum absolute atomic E-state index is 0.0101.